The normalized spacial score (nSPS) is 10.4. The van der Waals surface area contributed by atoms with Crippen molar-refractivity contribution >= 4 is 56.4 Å². The van der Waals surface area contributed by atoms with Crippen molar-refractivity contribution in [3.8, 4) is 0 Å². The summed E-state index contributed by atoms with van der Waals surface area (Å²) in [6, 6.07) is 0. The van der Waals surface area contributed by atoms with Crippen LogP contribution in [0.2, 0.25) is 9.36 Å². The summed E-state index contributed by atoms with van der Waals surface area (Å²) < 4.78 is 1.40. The minimum atomic E-state index is -0.352. The maximum atomic E-state index is 10.5. The van der Waals surface area contributed by atoms with Crippen molar-refractivity contribution in [2.75, 3.05) is 0 Å². The fourth-order valence-electron chi connectivity index (χ4n) is 0.846. The number of hydrogen-bond donors (Lipinski definition) is 1. The van der Waals surface area contributed by atoms with Crippen LogP contribution < -0.4 is 5.73 Å². The molecule has 0 bridgehead atoms. The zero-order chi connectivity index (χ0) is 10.0. The fourth-order valence-corrected chi connectivity index (χ4v) is 3.38. The largest absolute Gasteiger partial charge is 0.370 e. The zero-order valence-electron chi connectivity index (χ0n) is 6.44. The predicted molar refractivity (Wildman–Crippen MR) is 59.6 cm³/mol. The van der Waals surface area contributed by atoms with Gasteiger partial charge in [-0.3, -0.25) is 4.79 Å². The van der Waals surface area contributed by atoms with Gasteiger partial charge in [0, 0.05) is 12.0 Å². The Hall–Kier alpha value is 0.230. The molecule has 1 heterocycles. The van der Waals surface area contributed by atoms with Gasteiger partial charge in [0.05, 0.1) is 13.1 Å². The minimum Gasteiger partial charge on any atom is -0.370 e. The van der Waals surface area contributed by atoms with Crippen LogP contribution in [0.4, 0.5) is 0 Å². The van der Waals surface area contributed by atoms with Gasteiger partial charge in [-0.2, -0.15) is 0 Å². The number of carbonyl (C=O) groups is 1. The molecular formula is C7H6BrCl2NOS. The zero-order valence-corrected chi connectivity index (χ0v) is 10.4. The van der Waals surface area contributed by atoms with Crippen LogP contribution in [0.25, 0.3) is 0 Å². The first-order chi connectivity index (χ1) is 6.02. The summed E-state index contributed by atoms with van der Waals surface area (Å²) in [5, 5.41) is 0.580. The summed E-state index contributed by atoms with van der Waals surface area (Å²) in [5.41, 5.74) is 5.80. The number of amides is 1. The molecule has 1 amide bonds. The van der Waals surface area contributed by atoms with Crippen molar-refractivity contribution in [3.63, 3.8) is 0 Å². The topological polar surface area (TPSA) is 43.1 Å². The molecule has 0 aliphatic heterocycles. The molecule has 0 aliphatic rings. The molecule has 1 aromatic rings. The highest BCUT2D eigenvalue weighted by molar-refractivity contribution is 9.11. The molecule has 2 N–H and O–H groups in total. The third-order valence-electron chi connectivity index (χ3n) is 1.48. The Morgan fingerprint density at radius 3 is 2.54 bits per heavy atom. The molecule has 72 valence electrons. The number of rotatable bonds is 3. The number of thiophene rings is 1. The number of carbonyl (C=O) groups excluding carboxylic acids is 1. The van der Waals surface area contributed by atoms with Gasteiger partial charge in [-0.15, -0.1) is 11.3 Å². The van der Waals surface area contributed by atoms with Crippen LogP contribution in [0.3, 0.4) is 0 Å². The molecule has 0 aliphatic carbocycles. The number of hydrogen-bond acceptors (Lipinski definition) is 2. The quantitative estimate of drug-likeness (QED) is 0.915. The highest BCUT2D eigenvalue weighted by atomic mass is 79.9. The van der Waals surface area contributed by atoms with Crippen LogP contribution in [-0.4, -0.2) is 5.91 Å². The van der Waals surface area contributed by atoms with Gasteiger partial charge in [0.1, 0.15) is 0 Å². The number of nitrogens with two attached hydrogens (primary N) is 1. The van der Waals surface area contributed by atoms with Crippen LogP contribution in [0.5, 0.6) is 0 Å². The van der Waals surface area contributed by atoms with E-state index in [0.29, 0.717) is 15.8 Å². The van der Waals surface area contributed by atoms with Crippen LogP contribution in [0.15, 0.2) is 3.79 Å². The lowest BCUT2D eigenvalue weighted by molar-refractivity contribution is -0.117. The Balaban J connectivity index is 2.81. The minimum absolute atomic E-state index is 0.266. The molecule has 2 nitrogen and oxygen atoms in total. The fraction of sp³-hybridized carbons (Fsp3) is 0.286. The summed E-state index contributed by atoms with van der Waals surface area (Å²) in [6.45, 7) is 0. The van der Waals surface area contributed by atoms with Crippen molar-refractivity contribution in [2.45, 2.75) is 12.8 Å². The van der Waals surface area contributed by atoms with Gasteiger partial charge in [0.15, 0.2) is 0 Å². The molecular weight excluding hydrogens is 297 g/mol. The summed E-state index contributed by atoms with van der Waals surface area (Å²) in [4.78, 5) is 10.5. The first-order valence-corrected chi connectivity index (χ1v) is 5.79. The predicted octanol–water partition coefficient (Wildman–Crippen LogP) is 3.24. The first kappa shape index (κ1) is 11.3. The smallest absolute Gasteiger partial charge is 0.217 e. The molecule has 1 aromatic heterocycles. The second kappa shape index (κ2) is 4.64. The highest BCUT2D eigenvalue weighted by Crippen LogP contribution is 2.40. The maximum Gasteiger partial charge on any atom is 0.217 e. The lowest BCUT2D eigenvalue weighted by Crippen LogP contribution is -2.11. The second-order valence-corrected chi connectivity index (χ2v) is 5.73. The maximum absolute atomic E-state index is 10.5. The number of halogens is 3. The lowest BCUT2D eigenvalue weighted by atomic mass is 10.2. The molecule has 0 fully saturated rings. The van der Waals surface area contributed by atoms with E-state index in [-0.39, 0.29) is 12.3 Å². The van der Waals surface area contributed by atoms with E-state index in [9.17, 15) is 4.79 Å². The molecule has 0 spiro atoms. The van der Waals surface area contributed by atoms with E-state index in [1.165, 1.54) is 11.3 Å². The number of primary amides is 1. The Kier molecular flexibility index (Phi) is 4.04. The molecule has 0 unspecified atom stereocenters. The Morgan fingerprint density at radius 1 is 1.54 bits per heavy atom. The van der Waals surface area contributed by atoms with Gasteiger partial charge >= 0.3 is 0 Å². The van der Waals surface area contributed by atoms with Crippen molar-refractivity contribution in [2.24, 2.45) is 5.73 Å². The van der Waals surface area contributed by atoms with E-state index < -0.39 is 0 Å². The molecule has 13 heavy (non-hydrogen) atoms. The van der Waals surface area contributed by atoms with Crippen molar-refractivity contribution in [1.29, 1.82) is 0 Å². The van der Waals surface area contributed by atoms with E-state index in [1.54, 1.807) is 0 Å². The van der Waals surface area contributed by atoms with Gasteiger partial charge in [-0.25, -0.2) is 0 Å². The standard InChI is InChI=1S/C7H6BrCl2NOS/c8-6-5(9)3(7(10)13-6)1-2-4(11)12/h1-2H2,(H2,11,12). The van der Waals surface area contributed by atoms with Gasteiger partial charge < -0.3 is 5.73 Å². The summed E-state index contributed by atoms with van der Waals surface area (Å²) >= 11 is 16.4. The lowest BCUT2D eigenvalue weighted by Gasteiger charge is -1.96. The summed E-state index contributed by atoms with van der Waals surface area (Å²) in [6.07, 6.45) is 0.762. The third-order valence-corrected chi connectivity index (χ3v) is 4.38. The third kappa shape index (κ3) is 2.84. The van der Waals surface area contributed by atoms with Crippen LogP contribution in [0, 0.1) is 0 Å². The summed E-state index contributed by atoms with van der Waals surface area (Å²) in [7, 11) is 0. The molecule has 0 saturated carbocycles. The molecule has 0 saturated heterocycles. The van der Waals surface area contributed by atoms with Crippen molar-refractivity contribution in [3.05, 3.63) is 18.7 Å². The second-order valence-electron chi connectivity index (χ2n) is 2.41. The average Bonchev–Trinajstić information content (AvgIpc) is 2.24. The van der Waals surface area contributed by atoms with E-state index in [4.69, 9.17) is 28.9 Å². The SMILES string of the molecule is NC(=O)CCc1c(Cl)sc(Br)c1Cl. The van der Waals surface area contributed by atoms with Gasteiger partial charge in [0.25, 0.3) is 0 Å². The van der Waals surface area contributed by atoms with Gasteiger partial charge in [0.2, 0.25) is 5.91 Å². The van der Waals surface area contributed by atoms with Gasteiger partial charge in [-0.1, -0.05) is 23.2 Å². The van der Waals surface area contributed by atoms with Crippen molar-refractivity contribution in [1.82, 2.24) is 0 Å². The molecule has 0 atom stereocenters. The van der Waals surface area contributed by atoms with E-state index >= 15 is 0 Å². The van der Waals surface area contributed by atoms with E-state index in [2.05, 4.69) is 15.9 Å². The van der Waals surface area contributed by atoms with Crippen molar-refractivity contribution < 1.29 is 4.79 Å². The monoisotopic (exact) mass is 301 g/mol. The van der Waals surface area contributed by atoms with Gasteiger partial charge in [-0.05, 0) is 22.4 Å². The molecule has 1 rings (SSSR count). The highest BCUT2D eigenvalue weighted by Gasteiger charge is 2.13. The summed E-state index contributed by atoms with van der Waals surface area (Å²) in [5.74, 6) is -0.352. The molecule has 0 radical (unpaired) electrons. The van der Waals surface area contributed by atoms with E-state index in [1.807, 2.05) is 0 Å². The molecule has 6 heteroatoms. The Labute approximate surface area is 98.1 Å². The van der Waals surface area contributed by atoms with E-state index in [0.717, 1.165) is 9.35 Å². The first-order valence-electron chi connectivity index (χ1n) is 3.43. The average molecular weight is 303 g/mol. The van der Waals surface area contributed by atoms with Crippen LogP contribution in [-0.2, 0) is 11.2 Å². The Morgan fingerprint density at radius 2 is 2.15 bits per heavy atom. The molecule has 0 aromatic carbocycles. The van der Waals surface area contributed by atoms with Crippen LogP contribution >= 0.6 is 50.5 Å². The Bertz CT molecular complexity index is 339. The van der Waals surface area contributed by atoms with Crippen LogP contribution in [0.1, 0.15) is 12.0 Å².